The molecular formula is C12H14FN3S. The van der Waals surface area contributed by atoms with E-state index in [-0.39, 0.29) is 5.82 Å². The molecule has 3 nitrogen and oxygen atoms in total. The van der Waals surface area contributed by atoms with Gasteiger partial charge in [-0.1, -0.05) is 0 Å². The highest BCUT2D eigenvalue weighted by Gasteiger charge is 2.05. The lowest BCUT2D eigenvalue weighted by Gasteiger charge is -2.09. The van der Waals surface area contributed by atoms with Gasteiger partial charge in [-0.2, -0.15) is 0 Å². The van der Waals surface area contributed by atoms with E-state index in [0.29, 0.717) is 17.8 Å². The van der Waals surface area contributed by atoms with Crippen LogP contribution in [0.25, 0.3) is 0 Å². The molecule has 3 N–H and O–H groups in total. The molecule has 0 spiro atoms. The third kappa shape index (κ3) is 2.74. The molecule has 0 aliphatic carbocycles. The molecule has 0 aliphatic rings. The summed E-state index contributed by atoms with van der Waals surface area (Å²) in [6.45, 7) is 4.33. The minimum atomic E-state index is -0.279. The van der Waals surface area contributed by atoms with E-state index in [4.69, 9.17) is 5.73 Å². The lowest BCUT2D eigenvalue weighted by atomic mass is 10.2. The highest BCUT2D eigenvalue weighted by molar-refractivity contribution is 7.11. The molecule has 0 saturated heterocycles. The molecular weight excluding hydrogens is 237 g/mol. The average Bonchev–Trinajstić information content (AvgIpc) is 2.68. The number of rotatable bonds is 3. The van der Waals surface area contributed by atoms with Gasteiger partial charge in [-0.15, -0.1) is 11.3 Å². The van der Waals surface area contributed by atoms with E-state index in [2.05, 4.69) is 10.3 Å². The van der Waals surface area contributed by atoms with E-state index in [1.54, 1.807) is 24.3 Å². The minimum Gasteiger partial charge on any atom is -0.397 e. The summed E-state index contributed by atoms with van der Waals surface area (Å²) in [5.74, 6) is -0.279. The molecule has 0 atom stereocenters. The zero-order chi connectivity index (χ0) is 12.4. The Morgan fingerprint density at radius 1 is 1.41 bits per heavy atom. The predicted octanol–water partition coefficient (Wildman–Crippen LogP) is 3.09. The maximum atomic E-state index is 13.2. The second-order valence-electron chi connectivity index (χ2n) is 3.91. The summed E-state index contributed by atoms with van der Waals surface area (Å²) in [4.78, 5) is 5.41. The van der Waals surface area contributed by atoms with Crippen molar-refractivity contribution >= 4 is 22.7 Å². The molecule has 0 amide bonds. The highest BCUT2D eigenvalue weighted by Crippen LogP contribution is 2.23. The van der Waals surface area contributed by atoms with Crippen LogP contribution in [0, 0.1) is 19.7 Å². The van der Waals surface area contributed by atoms with Crippen LogP contribution < -0.4 is 11.1 Å². The van der Waals surface area contributed by atoms with Crippen LogP contribution in [-0.4, -0.2) is 4.98 Å². The maximum absolute atomic E-state index is 13.2. The molecule has 0 bridgehead atoms. The fourth-order valence-corrected chi connectivity index (χ4v) is 2.23. The van der Waals surface area contributed by atoms with Gasteiger partial charge in [0, 0.05) is 11.1 Å². The summed E-state index contributed by atoms with van der Waals surface area (Å²) < 4.78 is 13.2. The van der Waals surface area contributed by atoms with Crippen LogP contribution in [0.3, 0.4) is 0 Å². The van der Waals surface area contributed by atoms with Gasteiger partial charge in [0.15, 0.2) is 0 Å². The van der Waals surface area contributed by atoms with Crippen molar-refractivity contribution in [1.29, 1.82) is 0 Å². The van der Waals surface area contributed by atoms with Crippen LogP contribution in [0.5, 0.6) is 0 Å². The van der Waals surface area contributed by atoms with Crippen molar-refractivity contribution in [3.8, 4) is 0 Å². The molecule has 0 saturated carbocycles. The monoisotopic (exact) mass is 251 g/mol. The largest absolute Gasteiger partial charge is 0.397 e. The molecule has 5 heteroatoms. The fourth-order valence-electron chi connectivity index (χ4n) is 1.50. The van der Waals surface area contributed by atoms with Crippen molar-refractivity contribution in [3.63, 3.8) is 0 Å². The zero-order valence-electron chi connectivity index (χ0n) is 9.75. The van der Waals surface area contributed by atoms with Crippen molar-refractivity contribution in [2.24, 2.45) is 0 Å². The number of aryl methyl sites for hydroxylation is 2. The van der Waals surface area contributed by atoms with Gasteiger partial charge in [0.2, 0.25) is 0 Å². The molecule has 1 aromatic heterocycles. The lowest BCUT2D eigenvalue weighted by molar-refractivity contribution is 0.619. The Bertz CT molecular complexity index is 537. The molecule has 0 unspecified atom stereocenters. The topological polar surface area (TPSA) is 50.9 Å². The maximum Gasteiger partial charge on any atom is 0.128 e. The van der Waals surface area contributed by atoms with Crippen LogP contribution in [0.1, 0.15) is 15.4 Å². The van der Waals surface area contributed by atoms with Crippen molar-refractivity contribution < 1.29 is 4.39 Å². The summed E-state index contributed by atoms with van der Waals surface area (Å²) >= 11 is 1.63. The number of nitrogens with zero attached hydrogens (tertiary/aromatic N) is 1. The molecule has 17 heavy (non-hydrogen) atoms. The van der Waals surface area contributed by atoms with E-state index >= 15 is 0 Å². The summed E-state index contributed by atoms with van der Waals surface area (Å²) in [5.41, 5.74) is 7.49. The number of hydrogen-bond acceptors (Lipinski definition) is 4. The van der Waals surface area contributed by atoms with Gasteiger partial charge in [0.1, 0.15) is 10.8 Å². The first-order valence-corrected chi connectivity index (χ1v) is 6.08. The number of thiazole rings is 1. The van der Waals surface area contributed by atoms with Gasteiger partial charge in [0.25, 0.3) is 0 Å². The third-order valence-corrected chi connectivity index (χ3v) is 3.34. The highest BCUT2D eigenvalue weighted by atomic mass is 32.1. The normalized spacial score (nSPS) is 10.5. The van der Waals surface area contributed by atoms with Gasteiger partial charge in [0.05, 0.1) is 17.9 Å². The number of nitrogen functional groups attached to an aromatic ring is 1. The lowest BCUT2D eigenvalue weighted by Crippen LogP contribution is -2.03. The smallest absolute Gasteiger partial charge is 0.128 e. The quantitative estimate of drug-likeness (QED) is 0.824. The van der Waals surface area contributed by atoms with Crippen molar-refractivity contribution in [2.75, 3.05) is 11.1 Å². The summed E-state index contributed by atoms with van der Waals surface area (Å²) in [7, 11) is 0. The first-order valence-electron chi connectivity index (χ1n) is 5.27. The number of nitrogens with one attached hydrogen (secondary N) is 1. The molecule has 0 radical (unpaired) electrons. The Morgan fingerprint density at radius 3 is 2.82 bits per heavy atom. The van der Waals surface area contributed by atoms with Crippen molar-refractivity contribution in [3.05, 3.63) is 39.6 Å². The van der Waals surface area contributed by atoms with Gasteiger partial charge in [-0.3, -0.25) is 0 Å². The van der Waals surface area contributed by atoms with Crippen LogP contribution in [0.2, 0.25) is 0 Å². The molecule has 1 aromatic carbocycles. The molecule has 2 rings (SSSR count). The van der Waals surface area contributed by atoms with E-state index in [1.807, 2.05) is 13.1 Å². The van der Waals surface area contributed by atoms with E-state index in [1.165, 1.54) is 10.9 Å². The minimum absolute atomic E-state index is 0.279. The number of halogens is 1. The van der Waals surface area contributed by atoms with Crippen LogP contribution >= 0.6 is 11.3 Å². The third-order valence-electron chi connectivity index (χ3n) is 2.43. The number of anilines is 2. The standard InChI is InChI=1S/C12H14FN3S/c1-7-3-11(10(14)4-9(7)13)15-6-12-16-5-8(2)17-12/h3-5,15H,6,14H2,1-2H3. The fraction of sp³-hybridized carbons (Fsp3) is 0.250. The summed E-state index contributed by atoms with van der Waals surface area (Å²) in [6, 6.07) is 3.05. The summed E-state index contributed by atoms with van der Waals surface area (Å²) in [6.07, 6.45) is 1.83. The van der Waals surface area contributed by atoms with Crippen LogP contribution in [0.15, 0.2) is 18.3 Å². The summed E-state index contributed by atoms with van der Waals surface area (Å²) in [5, 5.41) is 4.16. The Hall–Kier alpha value is -1.62. The molecule has 0 fully saturated rings. The van der Waals surface area contributed by atoms with Gasteiger partial charge < -0.3 is 11.1 Å². The van der Waals surface area contributed by atoms with E-state index < -0.39 is 0 Å². The number of benzene rings is 1. The molecule has 1 heterocycles. The Kier molecular flexibility index (Phi) is 3.28. The van der Waals surface area contributed by atoms with Crippen molar-refractivity contribution in [2.45, 2.75) is 20.4 Å². The van der Waals surface area contributed by atoms with Crippen molar-refractivity contribution in [1.82, 2.24) is 4.98 Å². The first-order chi connectivity index (χ1) is 8.06. The first kappa shape index (κ1) is 11.9. The molecule has 2 aromatic rings. The van der Waals surface area contributed by atoms with Crippen LogP contribution in [-0.2, 0) is 6.54 Å². The van der Waals surface area contributed by atoms with Gasteiger partial charge in [-0.25, -0.2) is 9.37 Å². The number of aromatic nitrogens is 1. The Morgan fingerprint density at radius 2 is 2.18 bits per heavy atom. The Balaban J connectivity index is 2.11. The number of hydrogen-bond donors (Lipinski definition) is 2. The number of nitrogens with two attached hydrogens (primary N) is 1. The Labute approximate surface area is 103 Å². The van der Waals surface area contributed by atoms with Gasteiger partial charge in [-0.05, 0) is 31.5 Å². The second-order valence-corrected chi connectivity index (χ2v) is 5.23. The van der Waals surface area contributed by atoms with E-state index in [9.17, 15) is 4.39 Å². The zero-order valence-corrected chi connectivity index (χ0v) is 10.6. The molecule has 90 valence electrons. The van der Waals surface area contributed by atoms with E-state index in [0.717, 1.165) is 10.7 Å². The molecule has 0 aliphatic heterocycles. The average molecular weight is 251 g/mol. The van der Waals surface area contributed by atoms with Crippen LogP contribution in [0.4, 0.5) is 15.8 Å². The SMILES string of the molecule is Cc1cnc(CNc2cc(C)c(F)cc2N)s1. The second kappa shape index (κ2) is 4.71. The predicted molar refractivity (Wildman–Crippen MR) is 69.7 cm³/mol. The van der Waals surface area contributed by atoms with Gasteiger partial charge >= 0.3 is 0 Å².